The van der Waals surface area contributed by atoms with Gasteiger partial charge in [0, 0.05) is 6.07 Å². The lowest BCUT2D eigenvalue weighted by molar-refractivity contribution is 0.0600. The van der Waals surface area contributed by atoms with Crippen LogP contribution in [0, 0.1) is 0 Å². The fourth-order valence-corrected chi connectivity index (χ4v) is 3.35. The molecule has 2 rings (SSSR count). The summed E-state index contributed by atoms with van der Waals surface area (Å²) in [5, 5.41) is 0. The molecule has 0 amide bonds. The number of anilines is 1. The van der Waals surface area contributed by atoms with E-state index in [1.54, 1.807) is 25.1 Å². The zero-order valence-electron chi connectivity index (χ0n) is 14.8. The summed E-state index contributed by atoms with van der Waals surface area (Å²) in [4.78, 5) is 11.6. The van der Waals surface area contributed by atoms with Crippen LogP contribution in [0.25, 0.3) is 0 Å². The van der Waals surface area contributed by atoms with Crippen molar-refractivity contribution in [2.45, 2.75) is 18.7 Å². The summed E-state index contributed by atoms with van der Waals surface area (Å²) < 4.78 is 43.5. The van der Waals surface area contributed by atoms with Crippen LogP contribution in [0.5, 0.6) is 11.5 Å². The Morgan fingerprint density at radius 1 is 1.04 bits per heavy atom. The number of esters is 1. The maximum Gasteiger partial charge on any atom is 0.337 e. The highest BCUT2D eigenvalue weighted by Crippen LogP contribution is 2.31. The lowest BCUT2D eigenvalue weighted by atomic mass is 10.2. The number of benzene rings is 2. The Balaban J connectivity index is 2.39. The summed E-state index contributed by atoms with van der Waals surface area (Å²) in [6.45, 7) is 4.45. The summed E-state index contributed by atoms with van der Waals surface area (Å²) in [5.74, 6) is 0.274. The minimum Gasteiger partial charge on any atom is -0.494 e. The van der Waals surface area contributed by atoms with Gasteiger partial charge in [-0.15, -0.1) is 0 Å². The van der Waals surface area contributed by atoms with E-state index in [4.69, 9.17) is 9.47 Å². The van der Waals surface area contributed by atoms with Gasteiger partial charge in [-0.2, -0.15) is 0 Å². The summed E-state index contributed by atoms with van der Waals surface area (Å²) in [6, 6.07) is 10.5. The quantitative estimate of drug-likeness (QED) is 0.709. The van der Waals surface area contributed by atoms with Crippen molar-refractivity contribution in [2.24, 2.45) is 0 Å². The third-order valence-corrected chi connectivity index (χ3v) is 4.73. The average Bonchev–Trinajstić information content (AvgIpc) is 2.63. The van der Waals surface area contributed by atoms with Crippen LogP contribution in [0.1, 0.15) is 24.2 Å². The average molecular weight is 379 g/mol. The second-order valence-corrected chi connectivity index (χ2v) is 6.83. The molecule has 0 aliphatic heterocycles. The zero-order valence-corrected chi connectivity index (χ0v) is 15.6. The van der Waals surface area contributed by atoms with Gasteiger partial charge in [0.1, 0.15) is 11.5 Å². The maximum atomic E-state index is 12.7. The van der Waals surface area contributed by atoms with E-state index in [-0.39, 0.29) is 16.1 Å². The Labute approximate surface area is 152 Å². The van der Waals surface area contributed by atoms with Crippen LogP contribution in [0.15, 0.2) is 47.4 Å². The fraction of sp³-hybridized carbons (Fsp3) is 0.278. The molecule has 0 aromatic heterocycles. The number of hydrogen-bond acceptors (Lipinski definition) is 6. The highest BCUT2D eigenvalue weighted by Gasteiger charge is 2.19. The van der Waals surface area contributed by atoms with Crippen molar-refractivity contribution in [3.63, 3.8) is 0 Å². The van der Waals surface area contributed by atoms with Crippen molar-refractivity contribution in [1.29, 1.82) is 0 Å². The lowest BCUT2D eigenvalue weighted by Gasteiger charge is -2.15. The highest BCUT2D eigenvalue weighted by molar-refractivity contribution is 7.92. The van der Waals surface area contributed by atoms with Gasteiger partial charge in [0.2, 0.25) is 0 Å². The van der Waals surface area contributed by atoms with Gasteiger partial charge in [-0.05, 0) is 44.2 Å². The van der Waals surface area contributed by atoms with E-state index in [1.807, 2.05) is 6.92 Å². The molecule has 140 valence electrons. The molecule has 0 atom stereocenters. The molecule has 0 aliphatic carbocycles. The second kappa shape index (κ2) is 8.57. The molecule has 0 radical (unpaired) electrons. The number of methoxy groups -OCH3 is 1. The van der Waals surface area contributed by atoms with Gasteiger partial charge in [-0.1, -0.05) is 6.07 Å². The summed E-state index contributed by atoms with van der Waals surface area (Å²) in [5.41, 5.74) is 0.393. The highest BCUT2D eigenvalue weighted by atomic mass is 32.2. The number of carbonyl (C=O) groups excluding carboxylic acids is 1. The normalized spacial score (nSPS) is 10.9. The first-order valence-electron chi connectivity index (χ1n) is 8.02. The van der Waals surface area contributed by atoms with Crippen LogP contribution in [-0.2, 0) is 14.8 Å². The minimum absolute atomic E-state index is 0.0651. The first-order chi connectivity index (χ1) is 12.4. The van der Waals surface area contributed by atoms with E-state index in [0.29, 0.717) is 24.7 Å². The fourth-order valence-electron chi connectivity index (χ4n) is 2.24. The van der Waals surface area contributed by atoms with Gasteiger partial charge < -0.3 is 14.2 Å². The van der Waals surface area contributed by atoms with Crippen LogP contribution in [0.3, 0.4) is 0 Å². The van der Waals surface area contributed by atoms with Gasteiger partial charge >= 0.3 is 5.97 Å². The molecule has 0 unspecified atom stereocenters. The molecule has 0 saturated carbocycles. The molecule has 0 saturated heterocycles. The molecular formula is C18H21NO6S. The number of rotatable bonds is 8. The predicted molar refractivity (Wildman–Crippen MR) is 97.4 cm³/mol. The van der Waals surface area contributed by atoms with Crippen LogP contribution < -0.4 is 14.2 Å². The number of nitrogens with one attached hydrogen (secondary N) is 1. The standard InChI is InChI=1S/C18H21NO6S/c1-4-24-14-9-10-17(25-5-2)16(12-14)19-26(21,22)15-8-6-7-13(11-15)18(20)23-3/h6-12,19H,4-5H2,1-3H3. The Morgan fingerprint density at radius 3 is 2.42 bits per heavy atom. The maximum absolute atomic E-state index is 12.7. The minimum atomic E-state index is -3.94. The molecule has 0 aliphatic rings. The number of carbonyl (C=O) groups is 1. The predicted octanol–water partition coefficient (Wildman–Crippen LogP) is 3.07. The van der Waals surface area contributed by atoms with E-state index in [1.165, 1.54) is 31.4 Å². The van der Waals surface area contributed by atoms with Crippen LogP contribution in [0.4, 0.5) is 5.69 Å². The molecule has 2 aromatic rings. The van der Waals surface area contributed by atoms with E-state index >= 15 is 0 Å². The van der Waals surface area contributed by atoms with Gasteiger partial charge in [0.05, 0.1) is 36.5 Å². The van der Waals surface area contributed by atoms with E-state index in [9.17, 15) is 13.2 Å². The molecule has 0 heterocycles. The molecule has 0 bridgehead atoms. The third-order valence-electron chi connectivity index (χ3n) is 3.37. The van der Waals surface area contributed by atoms with E-state index in [0.717, 1.165) is 0 Å². The molecule has 0 spiro atoms. The lowest BCUT2D eigenvalue weighted by Crippen LogP contribution is -2.15. The molecule has 26 heavy (non-hydrogen) atoms. The van der Waals surface area contributed by atoms with Crippen molar-refractivity contribution in [1.82, 2.24) is 0 Å². The molecule has 7 nitrogen and oxygen atoms in total. The first-order valence-corrected chi connectivity index (χ1v) is 9.50. The largest absolute Gasteiger partial charge is 0.494 e. The van der Waals surface area contributed by atoms with Crippen LogP contribution in [-0.4, -0.2) is 34.7 Å². The SMILES string of the molecule is CCOc1ccc(OCC)c(NS(=O)(=O)c2cccc(C(=O)OC)c2)c1. The zero-order chi connectivity index (χ0) is 19.2. The van der Waals surface area contributed by atoms with Gasteiger partial charge in [-0.25, -0.2) is 13.2 Å². The topological polar surface area (TPSA) is 90.9 Å². The molecule has 2 aromatic carbocycles. The third kappa shape index (κ3) is 4.66. The second-order valence-electron chi connectivity index (χ2n) is 5.15. The van der Waals surface area contributed by atoms with Crippen LogP contribution in [0.2, 0.25) is 0 Å². The Morgan fingerprint density at radius 2 is 1.77 bits per heavy atom. The molecular weight excluding hydrogens is 358 g/mol. The number of hydrogen-bond donors (Lipinski definition) is 1. The smallest absolute Gasteiger partial charge is 0.337 e. The molecule has 0 fully saturated rings. The van der Waals surface area contributed by atoms with Gasteiger partial charge in [-0.3, -0.25) is 4.72 Å². The van der Waals surface area contributed by atoms with E-state index < -0.39 is 16.0 Å². The van der Waals surface area contributed by atoms with Gasteiger partial charge in [0.25, 0.3) is 10.0 Å². The van der Waals surface area contributed by atoms with Crippen molar-refractivity contribution in [3.8, 4) is 11.5 Å². The molecule has 1 N–H and O–H groups in total. The molecule has 8 heteroatoms. The Hall–Kier alpha value is -2.74. The van der Waals surface area contributed by atoms with Crippen LogP contribution >= 0.6 is 0 Å². The van der Waals surface area contributed by atoms with Crippen molar-refractivity contribution in [2.75, 3.05) is 25.0 Å². The monoisotopic (exact) mass is 379 g/mol. The summed E-state index contributed by atoms with van der Waals surface area (Å²) >= 11 is 0. The van der Waals surface area contributed by atoms with Gasteiger partial charge in [0.15, 0.2) is 0 Å². The van der Waals surface area contributed by atoms with Crippen molar-refractivity contribution >= 4 is 21.7 Å². The van der Waals surface area contributed by atoms with Crippen molar-refractivity contribution < 1.29 is 27.4 Å². The Kier molecular flexibility index (Phi) is 6.46. The number of sulfonamides is 1. The van der Waals surface area contributed by atoms with E-state index in [2.05, 4.69) is 9.46 Å². The van der Waals surface area contributed by atoms with Crippen molar-refractivity contribution in [3.05, 3.63) is 48.0 Å². The number of ether oxygens (including phenoxy) is 3. The summed E-state index contributed by atoms with van der Waals surface area (Å²) in [7, 11) is -2.71. The Bertz CT molecular complexity index is 879. The summed E-state index contributed by atoms with van der Waals surface area (Å²) in [6.07, 6.45) is 0. The first kappa shape index (κ1) is 19.6.